The van der Waals surface area contributed by atoms with Gasteiger partial charge in [0, 0.05) is 19.1 Å². The minimum absolute atomic E-state index is 0.174. The number of nitrogens with zero attached hydrogens (tertiary/aromatic N) is 1. The topological polar surface area (TPSA) is 49.4 Å². The summed E-state index contributed by atoms with van der Waals surface area (Å²) in [6.07, 6.45) is 4.24. The summed E-state index contributed by atoms with van der Waals surface area (Å²) in [5.74, 6) is 0. The normalized spacial score (nSPS) is 16.9. The summed E-state index contributed by atoms with van der Waals surface area (Å²) in [6.45, 7) is 3.04. The van der Waals surface area contributed by atoms with Crippen LogP contribution < -0.4 is 5.32 Å². The third kappa shape index (κ3) is 3.05. The lowest BCUT2D eigenvalue weighted by atomic mass is 10.2. The highest BCUT2D eigenvalue weighted by atomic mass is 32.2. The molecule has 5 heteroatoms. The van der Waals surface area contributed by atoms with Crippen molar-refractivity contribution in [3.05, 3.63) is 29.8 Å². The van der Waals surface area contributed by atoms with Gasteiger partial charge < -0.3 is 5.32 Å². The zero-order chi connectivity index (χ0) is 14.6. The molecule has 112 valence electrons. The molecule has 0 atom stereocenters. The zero-order valence-corrected chi connectivity index (χ0v) is 13.1. The molecule has 1 aromatic carbocycles. The fraction of sp³-hybridized carbons (Fsp3) is 0.600. The molecular weight excluding hydrogens is 272 g/mol. The third-order valence-corrected chi connectivity index (χ3v) is 6.10. The van der Waals surface area contributed by atoms with Crippen molar-refractivity contribution in [2.45, 2.75) is 50.1 Å². The second-order valence-corrected chi connectivity index (χ2v) is 7.14. The van der Waals surface area contributed by atoms with Crippen molar-refractivity contribution in [2.75, 3.05) is 13.6 Å². The molecule has 1 aliphatic carbocycles. The number of benzene rings is 1. The van der Waals surface area contributed by atoms with Crippen LogP contribution in [0.25, 0.3) is 0 Å². The standard InChI is InChI=1S/C15H24N2O2S/c1-3-17(14-9-5-6-10-14)20(18,19)15-11-7-4-8-13(15)12-16-2/h4,7-8,11,14,16H,3,5-6,9-10,12H2,1-2H3. The van der Waals surface area contributed by atoms with Gasteiger partial charge in [-0.25, -0.2) is 8.42 Å². The second-order valence-electron chi connectivity index (χ2n) is 5.28. The minimum Gasteiger partial charge on any atom is -0.316 e. The molecule has 0 saturated heterocycles. The Morgan fingerprint density at radius 1 is 1.25 bits per heavy atom. The first-order valence-electron chi connectivity index (χ1n) is 7.35. The Hall–Kier alpha value is -0.910. The van der Waals surface area contributed by atoms with Crippen molar-refractivity contribution >= 4 is 10.0 Å². The van der Waals surface area contributed by atoms with Gasteiger partial charge in [0.05, 0.1) is 4.90 Å². The van der Waals surface area contributed by atoms with Crippen LogP contribution in [0.1, 0.15) is 38.2 Å². The van der Waals surface area contributed by atoms with Crippen LogP contribution in [0.3, 0.4) is 0 Å². The van der Waals surface area contributed by atoms with E-state index in [2.05, 4.69) is 5.32 Å². The van der Waals surface area contributed by atoms with Crippen LogP contribution in [0.15, 0.2) is 29.2 Å². The second kappa shape index (κ2) is 6.70. The molecule has 0 heterocycles. The molecule has 0 aliphatic heterocycles. The van der Waals surface area contributed by atoms with Crippen LogP contribution in [0.4, 0.5) is 0 Å². The van der Waals surface area contributed by atoms with Gasteiger partial charge in [0.2, 0.25) is 10.0 Å². The SMILES string of the molecule is CCN(C1CCCC1)S(=O)(=O)c1ccccc1CNC. The molecule has 0 amide bonds. The molecule has 1 saturated carbocycles. The Labute approximate surface area is 122 Å². The maximum atomic E-state index is 12.9. The zero-order valence-electron chi connectivity index (χ0n) is 12.3. The average Bonchev–Trinajstić information content (AvgIpc) is 2.94. The number of sulfonamides is 1. The van der Waals surface area contributed by atoms with E-state index in [4.69, 9.17) is 0 Å². The molecule has 0 radical (unpaired) electrons. The minimum atomic E-state index is -3.39. The quantitative estimate of drug-likeness (QED) is 0.876. The Morgan fingerprint density at radius 3 is 2.50 bits per heavy atom. The van der Waals surface area contributed by atoms with Crippen molar-refractivity contribution in [1.29, 1.82) is 0 Å². The van der Waals surface area contributed by atoms with E-state index in [1.54, 1.807) is 16.4 Å². The van der Waals surface area contributed by atoms with Crippen molar-refractivity contribution in [3.63, 3.8) is 0 Å². The van der Waals surface area contributed by atoms with Gasteiger partial charge in [0.15, 0.2) is 0 Å². The monoisotopic (exact) mass is 296 g/mol. The van der Waals surface area contributed by atoms with Gasteiger partial charge in [-0.1, -0.05) is 38.0 Å². The molecule has 2 rings (SSSR count). The summed E-state index contributed by atoms with van der Waals surface area (Å²) >= 11 is 0. The lowest BCUT2D eigenvalue weighted by molar-refractivity contribution is 0.335. The summed E-state index contributed by atoms with van der Waals surface area (Å²) in [6, 6.07) is 7.46. The molecule has 1 aliphatic rings. The van der Waals surface area contributed by atoms with Crippen molar-refractivity contribution in [1.82, 2.24) is 9.62 Å². The smallest absolute Gasteiger partial charge is 0.243 e. The van der Waals surface area contributed by atoms with Crippen molar-refractivity contribution in [2.24, 2.45) is 0 Å². The van der Waals surface area contributed by atoms with Gasteiger partial charge in [0.25, 0.3) is 0 Å². The Bertz CT molecular complexity index is 537. The predicted octanol–water partition coefficient (Wildman–Crippen LogP) is 2.36. The Kier molecular flexibility index (Phi) is 5.18. The van der Waals surface area contributed by atoms with E-state index in [0.717, 1.165) is 31.2 Å². The van der Waals surface area contributed by atoms with E-state index in [0.29, 0.717) is 18.0 Å². The largest absolute Gasteiger partial charge is 0.316 e. The van der Waals surface area contributed by atoms with E-state index in [9.17, 15) is 8.42 Å². The first-order valence-corrected chi connectivity index (χ1v) is 8.79. The van der Waals surface area contributed by atoms with Gasteiger partial charge in [0.1, 0.15) is 0 Å². The number of rotatable bonds is 6. The number of hydrogen-bond donors (Lipinski definition) is 1. The maximum Gasteiger partial charge on any atom is 0.243 e. The van der Waals surface area contributed by atoms with Gasteiger partial charge in [-0.2, -0.15) is 4.31 Å². The molecular formula is C15H24N2O2S. The fourth-order valence-electron chi connectivity index (χ4n) is 3.03. The fourth-order valence-corrected chi connectivity index (χ4v) is 4.95. The third-order valence-electron chi connectivity index (χ3n) is 3.97. The number of hydrogen-bond acceptors (Lipinski definition) is 3. The lowest BCUT2D eigenvalue weighted by Crippen LogP contribution is -2.39. The maximum absolute atomic E-state index is 12.9. The molecule has 1 aromatic rings. The predicted molar refractivity (Wildman–Crippen MR) is 81.0 cm³/mol. The summed E-state index contributed by atoms with van der Waals surface area (Å²) in [5.41, 5.74) is 0.839. The first kappa shape index (κ1) is 15.5. The van der Waals surface area contributed by atoms with Crippen LogP contribution in [-0.2, 0) is 16.6 Å². The molecule has 1 N–H and O–H groups in total. The van der Waals surface area contributed by atoms with E-state index < -0.39 is 10.0 Å². The highest BCUT2D eigenvalue weighted by Gasteiger charge is 2.32. The number of nitrogens with one attached hydrogen (secondary N) is 1. The van der Waals surface area contributed by atoms with E-state index in [-0.39, 0.29) is 6.04 Å². The molecule has 0 spiro atoms. The molecule has 0 bridgehead atoms. The Balaban J connectivity index is 2.37. The van der Waals surface area contributed by atoms with Crippen LogP contribution in [0, 0.1) is 0 Å². The Morgan fingerprint density at radius 2 is 1.90 bits per heavy atom. The average molecular weight is 296 g/mol. The summed E-state index contributed by atoms with van der Waals surface area (Å²) in [4.78, 5) is 0.447. The van der Waals surface area contributed by atoms with Crippen LogP contribution in [0.5, 0.6) is 0 Å². The first-order chi connectivity index (χ1) is 9.61. The van der Waals surface area contributed by atoms with E-state index in [1.807, 2.05) is 26.1 Å². The molecule has 0 unspecified atom stereocenters. The summed E-state index contributed by atoms with van der Waals surface area (Å²) in [7, 11) is -1.56. The van der Waals surface area contributed by atoms with Gasteiger partial charge in [-0.05, 0) is 31.5 Å². The van der Waals surface area contributed by atoms with Crippen LogP contribution in [-0.4, -0.2) is 32.4 Å². The van der Waals surface area contributed by atoms with Crippen molar-refractivity contribution < 1.29 is 8.42 Å². The molecule has 20 heavy (non-hydrogen) atoms. The lowest BCUT2D eigenvalue weighted by Gasteiger charge is -2.27. The van der Waals surface area contributed by atoms with Gasteiger partial charge in [-0.15, -0.1) is 0 Å². The van der Waals surface area contributed by atoms with Gasteiger partial charge >= 0.3 is 0 Å². The molecule has 0 aromatic heterocycles. The van der Waals surface area contributed by atoms with Crippen LogP contribution in [0.2, 0.25) is 0 Å². The van der Waals surface area contributed by atoms with E-state index in [1.165, 1.54) is 0 Å². The highest BCUT2D eigenvalue weighted by molar-refractivity contribution is 7.89. The summed E-state index contributed by atoms with van der Waals surface area (Å²) < 4.78 is 27.6. The molecule has 1 fully saturated rings. The highest BCUT2D eigenvalue weighted by Crippen LogP contribution is 2.29. The van der Waals surface area contributed by atoms with Crippen LogP contribution >= 0.6 is 0 Å². The van der Waals surface area contributed by atoms with Crippen molar-refractivity contribution in [3.8, 4) is 0 Å². The van der Waals surface area contributed by atoms with Gasteiger partial charge in [-0.3, -0.25) is 0 Å². The van der Waals surface area contributed by atoms with E-state index >= 15 is 0 Å². The molecule has 4 nitrogen and oxygen atoms in total. The summed E-state index contributed by atoms with van der Waals surface area (Å²) in [5, 5.41) is 3.04.